The van der Waals surface area contributed by atoms with Crippen LogP contribution in [0.4, 0.5) is 4.39 Å². The average Bonchev–Trinajstić information content (AvgIpc) is 2.33. The van der Waals surface area contributed by atoms with Gasteiger partial charge in [0.25, 0.3) is 0 Å². The van der Waals surface area contributed by atoms with Gasteiger partial charge < -0.3 is 0 Å². The normalized spacial score (nSPS) is 12.1. The maximum absolute atomic E-state index is 13.4. The molecule has 1 aromatic rings. The number of hydrogen-bond acceptors (Lipinski definition) is 2. The maximum Gasteiger partial charge on any atom is 0.243 e. The van der Waals surface area contributed by atoms with E-state index >= 15 is 0 Å². The van der Waals surface area contributed by atoms with Gasteiger partial charge in [-0.15, -0.1) is 0 Å². The third kappa shape index (κ3) is 3.52. The third-order valence-corrected chi connectivity index (χ3v) is 5.26. The molecule has 0 bridgehead atoms. The molecule has 0 fully saturated rings. The van der Waals surface area contributed by atoms with Crippen LogP contribution in [0.3, 0.4) is 0 Å². The average molecular weight is 338 g/mol. The fraction of sp³-hybridized carbons (Fsp3) is 0.500. The first-order valence-corrected chi connectivity index (χ1v) is 8.12. The van der Waals surface area contributed by atoms with Gasteiger partial charge in [0, 0.05) is 13.1 Å². The minimum Gasteiger partial charge on any atom is -0.207 e. The van der Waals surface area contributed by atoms with Gasteiger partial charge >= 0.3 is 0 Å². The van der Waals surface area contributed by atoms with Gasteiger partial charge in [0.1, 0.15) is 5.82 Å². The van der Waals surface area contributed by atoms with Crippen LogP contribution in [0.15, 0.2) is 27.6 Å². The molecular formula is C12H17BrFNO2S. The lowest BCUT2D eigenvalue weighted by atomic mass is 10.3. The molecule has 0 N–H and O–H groups in total. The number of hydrogen-bond donors (Lipinski definition) is 0. The van der Waals surface area contributed by atoms with Crippen LogP contribution in [-0.4, -0.2) is 25.8 Å². The molecule has 0 aliphatic rings. The van der Waals surface area contributed by atoms with E-state index in [1.807, 2.05) is 6.92 Å². The SMILES string of the molecule is CCCCN(CC)S(=O)(=O)c1ccc(Br)c(F)c1. The number of halogens is 2. The second kappa shape index (κ2) is 6.63. The molecule has 0 aliphatic carbocycles. The van der Waals surface area contributed by atoms with Crippen molar-refractivity contribution < 1.29 is 12.8 Å². The molecule has 3 nitrogen and oxygen atoms in total. The second-order valence-electron chi connectivity index (χ2n) is 3.93. The molecule has 0 saturated heterocycles. The van der Waals surface area contributed by atoms with E-state index in [4.69, 9.17) is 0 Å². The van der Waals surface area contributed by atoms with E-state index in [2.05, 4.69) is 15.9 Å². The highest BCUT2D eigenvalue weighted by Gasteiger charge is 2.23. The molecule has 102 valence electrons. The van der Waals surface area contributed by atoms with Crippen LogP contribution in [0.1, 0.15) is 26.7 Å². The van der Waals surface area contributed by atoms with Crippen molar-refractivity contribution in [1.29, 1.82) is 0 Å². The molecule has 0 atom stereocenters. The molecule has 0 unspecified atom stereocenters. The van der Waals surface area contributed by atoms with Gasteiger partial charge in [-0.1, -0.05) is 20.3 Å². The first-order valence-electron chi connectivity index (χ1n) is 5.88. The molecule has 18 heavy (non-hydrogen) atoms. The number of unbranched alkanes of at least 4 members (excludes halogenated alkanes) is 1. The Labute approximate surface area is 116 Å². The van der Waals surface area contributed by atoms with E-state index in [1.165, 1.54) is 16.4 Å². The molecule has 0 spiro atoms. The lowest BCUT2D eigenvalue weighted by Gasteiger charge is -2.20. The Morgan fingerprint density at radius 2 is 2.00 bits per heavy atom. The summed E-state index contributed by atoms with van der Waals surface area (Å²) < 4.78 is 39.6. The topological polar surface area (TPSA) is 37.4 Å². The summed E-state index contributed by atoms with van der Waals surface area (Å²) in [6, 6.07) is 3.88. The summed E-state index contributed by atoms with van der Waals surface area (Å²) in [6.45, 7) is 4.63. The van der Waals surface area contributed by atoms with E-state index in [0.29, 0.717) is 13.1 Å². The van der Waals surface area contributed by atoms with Crippen molar-refractivity contribution in [3.8, 4) is 0 Å². The lowest BCUT2D eigenvalue weighted by Crippen LogP contribution is -2.31. The highest BCUT2D eigenvalue weighted by Crippen LogP contribution is 2.22. The largest absolute Gasteiger partial charge is 0.243 e. The lowest BCUT2D eigenvalue weighted by molar-refractivity contribution is 0.418. The van der Waals surface area contributed by atoms with Gasteiger partial charge in [0.05, 0.1) is 9.37 Å². The zero-order valence-electron chi connectivity index (χ0n) is 10.5. The molecule has 0 radical (unpaired) electrons. The summed E-state index contributed by atoms with van der Waals surface area (Å²) in [6.07, 6.45) is 1.72. The van der Waals surface area contributed by atoms with E-state index in [1.54, 1.807) is 6.92 Å². The second-order valence-corrected chi connectivity index (χ2v) is 6.72. The minimum atomic E-state index is -3.59. The summed E-state index contributed by atoms with van der Waals surface area (Å²) in [5.74, 6) is -0.567. The predicted molar refractivity (Wildman–Crippen MR) is 73.4 cm³/mol. The highest BCUT2D eigenvalue weighted by atomic mass is 79.9. The van der Waals surface area contributed by atoms with Gasteiger partial charge in [0.15, 0.2) is 0 Å². The fourth-order valence-electron chi connectivity index (χ4n) is 1.57. The minimum absolute atomic E-state index is 0.00107. The Kier molecular flexibility index (Phi) is 5.75. The van der Waals surface area contributed by atoms with Crippen molar-refractivity contribution in [3.05, 3.63) is 28.5 Å². The molecule has 1 rings (SSSR count). The maximum atomic E-state index is 13.4. The van der Waals surface area contributed by atoms with Crippen LogP contribution in [0, 0.1) is 5.82 Å². The number of nitrogens with zero attached hydrogens (tertiary/aromatic N) is 1. The third-order valence-electron chi connectivity index (χ3n) is 2.64. The Hall–Kier alpha value is -0.460. The predicted octanol–water partition coefficient (Wildman–Crippen LogP) is 3.40. The van der Waals surface area contributed by atoms with E-state index in [9.17, 15) is 12.8 Å². The summed E-state index contributed by atoms with van der Waals surface area (Å²) in [4.78, 5) is 0.00107. The van der Waals surface area contributed by atoms with Gasteiger partial charge in [-0.25, -0.2) is 12.8 Å². The quantitative estimate of drug-likeness (QED) is 0.797. The first-order chi connectivity index (χ1) is 8.43. The van der Waals surface area contributed by atoms with Gasteiger partial charge in [-0.05, 0) is 40.5 Å². The summed E-state index contributed by atoms with van der Waals surface area (Å²) in [5, 5.41) is 0. The standard InChI is InChI=1S/C12H17BrFNO2S/c1-3-5-8-15(4-2)18(16,17)10-6-7-11(13)12(14)9-10/h6-7,9H,3-5,8H2,1-2H3. The van der Waals surface area contributed by atoms with Crippen molar-refractivity contribution in [1.82, 2.24) is 4.31 Å². The van der Waals surface area contributed by atoms with Crippen LogP contribution < -0.4 is 0 Å². The summed E-state index contributed by atoms with van der Waals surface area (Å²) >= 11 is 3.01. The van der Waals surface area contributed by atoms with Crippen molar-refractivity contribution in [2.45, 2.75) is 31.6 Å². The summed E-state index contributed by atoms with van der Waals surface area (Å²) in [5.41, 5.74) is 0. The molecule has 1 aromatic carbocycles. The molecule has 0 aliphatic heterocycles. The zero-order chi connectivity index (χ0) is 13.8. The number of benzene rings is 1. The van der Waals surface area contributed by atoms with Crippen LogP contribution >= 0.6 is 15.9 Å². The molecule has 0 aromatic heterocycles. The molecule has 6 heteroatoms. The Bertz CT molecular complexity index is 505. The Morgan fingerprint density at radius 1 is 1.33 bits per heavy atom. The fourth-order valence-corrected chi connectivity index (χ4v) is 3.32. The smallest absolute Gasteiger partial charge is 0.207 e. The zero-order valence-corrected chi connectivity index (χ0v) is 12.9. The van der Waals surface area contributed by atoms with Crippen molar-refractivity contribution in [2.24, 2.45) is 0 Å². The van der Waals surface area contributed by atoms with Gasteiger partial charge in [-0.2, -0.15) is 4.31 Å². The van der Waals surface area contributed by atoms with Crippen LogP contribution in [0.5, 0.6) is 0 Å². The highest BCUT2D eigenvalue weighted by molar-refractivity contribution is 9.10. The molecule has 0 heterocycles. The molecule has 0 amide bonds. The van der Waals surface area contributed by atoms with Gasteiger partial charge in [-0.3, -0.25) is 0 Å². The van der Waals surface area contributed by atoms with Crippen molar-refractivity contribution >= 4 is 26.0 Å². The Balaban J connectivity index is 3.06. The van der Waals surface area contributed by atoms with Crippen LogP contribution in [-0.2, 0) is 10.0 Å². The van der Waals surface area contributed by atoms with E-state index < -0.39 is 15.8 Å². The molecular weight excluding hydrogens is 321 g/mol. The Morgan fingerprint density at radius 3 is 2.50 bits per heavy atom. The van der Waals surface area contributed by atoms with Crippen molar-refractivity contribution in [3.63, 3.8) is 0 Å². The first kappa shape index (κ1) is 15.6. The van der Waals surface area contributed by atoms with Crippen molar-refractivity contribution in [2.75, 3.05) is 13.1 Å². The van der Waals surface area contributed by atoms with Crippen LogP contribution in [0.2, 0.25) is 0 Å². The van der Waals surface area contributed by atoms with Crippen LogP contribution in [0.25, 0.3) is 0 Å². The number of rotatable bonds is 6. The summed E-state index contributed by atoms with van der Waals surface area (Å²) in [7, 11) is -3.59. The molecule has 0 saturated carbocycles. The van der Waals surface area contributed by atoms with Gasteiger partial charge in [0.2, 0.25) is 10.0 Å². The van der Waals surface area contributed by atoms with E-state index in [0.717, 1.165) is 18.9 Å². The number of sulfonamides is 1. The van der Waals surface area contributed by atoms with E-state index in [-0.39, 0.29) is 9.37 Å². The monoisotopic (exact) mass is 337 g/mol.